The zero-order valence-corrected chi connectivity index (χ0v) is 13.3. The van der Waals surface area contributed by atoms with Crippen LogP contribution in [0.15, 0.2) is 24.3 Å². The highest BCUT2D eigenvalue weighted by atomic mass is 16.5. The van der Waals surface area contributed by atoms with Gasteiger partial charge in [-0.1, -0.05) is 26.0 Å². The van der Waals surface area contributed by atoms with Crippen LogP contribution in [0.1, 0.15) is 20.3 Å². The van der Waals surface area contributed by atoms with Gasteiger partial charge in [-0.05, 0) is 24.5 Å². The van der Waals surface area contributed by atoms with Gasteiger partial charge in [0.05, 0.1) is 7.11 Å². The quantitative estimate of drug-likeness (QED) is 0.795. The summed E-state index contributed by atoms with van der Waals surface area (Å²) in [6.07, 6.45) is 0.786. The molecule has 0 aliphatic heterocycles. The summed E-state index contributed by atoms with van der Waals surface area (Å²) in [5.41, 5.74) is 5.98. The highest BCUT2D eigenvalue weighted by Gasteiger charge is 2.14. The smallest absolute Gasteiger partial charge is 0.260 e. The van der Waals surface area contributed by atoms with Gasteiger partial charge in [0.1, 0.15) is 0 Å². The van der Waals surface area contributed by atoms with E-state index in [9.17, 15) is 4.79 Å². The minimum absolute atomic E-state index is 0.00616. The zero-order valence-electron chi connectivity index (χ0n) is 13.3. The second kappa shape index (κ2) is 8.52. The molecular weight excluding hydrogens is 268 g/mol. The number of likely N-dealkylation sites (N-methyl/N-ethyl adjacent to an activating group) is 1. The molecule has 0 saturated carbocycles. The molecule has 0 fully saturated rings. The summed E-state index contributed by atoms with van der Waals surface area (Å²) in [5, 5.41) is 0. The van der Waals surface area contributed by atoms with E-state index >= 15 is 0 Å². The predicted octanol–water partition coefficient (Wildman–Crippen LogP) is 1.91. The zero-order chi connectivity index (χ0) is 15.8. The van der Waals surface area contributed by atoms with Crippen LogP contribution in [0.3, 0.4) is 0 Å². The van der Waals surface area contributed by atoms with E-state index in [0.29, 0.717) is 24.0 Å². The first-order valence-electron chi connectivity index (χ1n) is 7.21. The van der Waals surface area contributed by atoms with Gasteiger partial charge in [0.2, 0.25) is 0 Å². The van der Waals surface area contributed by atoms with Crippen LogP contribution in [-0.2, 0) is 4.79 Å². The molecule has 118 valence electrons. The van der Waals surface area contributed by atoms with E-state index in [0.717, 1.165) is 6.42 Å². The minimum Gasteiger partial charge on any atom is -0.493 e. The summed E-state index contributed by atoms with van der Waals surface area (Å²) >= 11 is 0. The van der Waals surface area contributed by atoms with Crippen molar-refractivity contribution in [2.24, 2.45) is 11.7 Å². The number of hydrogen-bond donors (Lipinski definition) is 1. The lowest BCUT2D eigenvalue weighted by Gasteiger charge is -2.21. The third-order valence-corrected chi connectivity index (χ3v) is 3.50. The Morgan fingerprint density at radius 2 is 1.90 bits per heavy atom. The highest BCUT2D eigenvalue weighted by Crippen LogP contribution is 2.25. The van der Waals surface area contributed by atoms with E-state index in [1.54, 1.807) is 31.2 Å². The van der Waals surface area contributed by atoms with Gasteiger partial charge in [-0.25, -0.2) is 0 Å². The fraction of sp³-hybridized carbons (Fsp3) is 0.562. The number of nitrogens with two attached hydrogens (primary N) is 1. The van der Waals surface area contributed by atoms with Crippen molar-refractivity contribution in [1.29, 1.82) is 0 Å². The molecule has 0 bridgehead atoms. The van der Waals surface area contributed by atoms with Crippen molar-refractivity contribution in [3.05, 3.63) is 24.3 Å². The Kier molecular flexibility index (Phi) is 7.02. The molecule has 0 spiro atoms. The summed E-state index contributed by atoms with van der Waals surface area (Å²) in [6.45, 7) is 4.79. The van der Waals surface area contributed by atoms with Gasteiger partial charge in [0.25, 0.3) is 5.91 Å². The number of hydrogen-bond acceptors (Lipinski definition) is 4. The summed E-state index contributed by atoms with van der Waals surface area (Å²) < 4.78 is 10.7. The van der Waals surface area contributed by atoms with Gasteiger partial charge in [-0.2, -0.15) is 0 Å². The van der Waals surface area contributed by atoms with Crippen molar-refractivity contribution < 1.29 is 14.3 Å². The summed E-state index contributed by atoms with van der Waals surface area (Å²) in [4.78, 5) is 13.7. The fourth-order valence-electron chi connectivity index (χ4n) is 1.79. The van der Waals surface area contributed by atoms with Crippen molar-refractivity contribution in [2.75, 3.05) is 27.3 Å². The lowest BCUT2D eigenvalue weighted by atomic mass is 10.0. The molecule has 0 saturated heterocycles. The average Bonchev–Trinajstić information content (AvgIpc) is 2.49. The van der Waals surface area contributed by atoms with Gasteiger partial charge in [-0.3, -0.25) is 4.79 Å². The highest BCUT2D eigenvalue weighted by molar-refractivity contribution is 5.77. The van der Waals surface area contributed by atoms with Gasteiger partial charge in [0, 0.05) is 19.6 Å². The average molecular weight is 294 g/mol. The van der Waals surface area contributed by atoms with Crippen LogP contribution >= 0.6 is 0 Å². The lowest BCUT2D eigenvalue weighted by molar-refractivity contribution is -0.132. The Morgan fingerprint density at radius 3 is 2.48 bits per heavy atom. The van der Waals surface area contributed by atoms with Crippen molar-refractivity contribution in [2.45, 2.75) is 26.3 Å². The third kappa shape index (κ3) is 5.63. The number of benzene rings is 1. The Labute approximate surface area is 127 Å². The number of nitrogens with zero attached hydrogens (tertiary/aromatic N) is 1. The van der Waals surface area contributed by atoms with Crippen molar-refractivity contribution in [1.82, 2.24) is 4.90 Å². The molecule has 1 atom stereocenters. The Hall–Kier alpha value is -1.75. The Morgan fingerprint density at radius 1 is 1.29 bits per heavy atom. The van der Waals surface area contributed by atoms with Crippen LogP contribution in [0.4, 0.5) is 0 Å². The molecule has 0 aromatic heterocycles. The van der Waals surface area contributed by atoms with Gasteiger partial charge in [0.15, 0.2) is 18.1 Å². The molecule has 0 radical (unpaired) electrons. The topological polar surface area (TPSA) is 64.8 Å². The molecule has 21 heavy (non-hydrogen) atoms. The van der Waals surface area contributed by atoms with E-state index in [1.807, 2.05) is 12.1 Å². The largest absolute Gasteiger partial charge is 0.493 e. The maximum Gasteiger partial charge on any atom is 0.260 e. The van der Waals surface area contributed by atoms with E-state index in [1.165, 1.54) is 0 Å². The molecule has 1 amide bonds. The molecule has 0 aliphatic rings. The Balaban J connectivity index is 2.42. The monoisotopic (exact) mass is 294 g/mol. The van der Waals surface area contributed by atoms with E-state index in [4.69, 9.17) is 15.2 Å². The van der Waals surface area contributed by atoms with Crippen LogP contribution in [0.25, 0.3) is 0 Å². The third-order valence-electron chi connectivity index (χ3n) is 3.50. The molecule has 2 N–H and O–H groups in total. The molecule has 1 aromatic rings. The van der Waals surface area contributed by atoms with Crippen molar-refractivity contribution >= 4 is 5.91 Å². The SMILES string of the molecule is COc1ccccc1OCC(=O)N(C)CCC(N)C(C)C. The van der Waals surface area contributed by atoms with Crippen LogP contribution in [0, 0.1) is 5.92 Å². The number of ether oxygens (including phenoxy) is 2. The summed E-state index contributed by atoms with van der Waals surface area (Å²) in [7, 11) is 3.34. The van der Waals surface area contributed by atoms with E-state index < -0.39 is 0 Å². The number of rotatable bonds is 8. The summed E-state index contributed by atoms with van der Waals surface area (Å²) in [6, 6.07) is 7.38. The summed E-state index contributed by atoms with van der Waals surface area (Å²) in [5.74, 6) is 1.53. The van der Waals surface area contributed by atoms with Crippen LogP contribution < -0.4 is 15.2 Å². The number of methoxy groups -OCH3 is 1. The number of amides is 1. The number of carbonyl (C=O) groups is 1. The second-order valence-electron chi connectivity index (χ2n) is 5.45. The standard InChI is InChI=1S/C16H26N2O3/c1-12(2)13(17)9-10-18(3)16(19)11-21-15-8-6-5-7-14(15)20-4/h5-8,12-13H,9-11,17H2,1-4H3. The minimum atomic E-state index is -0.0723. The van der Waals surface area contributed by atoms with E-state index in [2.05, 4.69) is 13.8 Å². The normalized spacial score (nSPS) is 12.1. The van der Waals surface area contributed by atoms with Crippen LogP contribution in [0.5, 0.6) is 11.5 Å². The Bertz CT molecular complexity index is 449. The second-order valence-corrected chi connectivity index (χ2v) is 5.45. The molecule has 1 unspecified atom stereocenters. The first kappa shape index (κ1) is 17.3. The maximum atomic E-state index is 12.0. The molecule has 1 rings (SSSR count). The van der Waals surface area contributed by atoms with Gasteiger partial charge >= 0.3 is 0 Å². The number of carbonyl (C=O) groups excluding carboxylic acids is 1. The molecule has 0 heterocycles. The molecule has 5 heteroatoms. The maximum absolute atomic E-state index is 12.0. The molecular formula is C16H26N2O3. The first-order valence-corrected chi connectivity index (χ1v) is 7.21. The van der Waals surface area contributed by atoms with Crippen LogP contribution in [-0.4, -0.2) is 44.2 Å². The van der Waals surface area contributed by atoms with Crippen molar-refractivity contribution in [3.63, 3.8) is 0 Å². The van der Waals surface area contributed by atoms with Gasteiger partial charge in [-0.15, -0.1) is 0 Å². The lowest BCUT2D eigenvalue weighted by Crippen LogP contribution is -2.36. The van der Waals surface area contributed by atoms with Crippen molar-refractivity contribution in [3.8, 4) is 11.5 Å². The first-order chi connectivity index (χ1) is 9.95. The fourth-order valence-corrected chi connectivity index (χ4v) is 1.79. The molecule has 5 nitrogen and oxygen atoms in total. The number of para-hydroxylation sites is 2. The molecule has 0 aliphatic carbocycles. The van der Waals surface area contributed by atoms with Gasteiger partial charge < -0.3 is 20.1 Å². The van der Waals surface area contributed by atoms with Crippen LogP contribution in [0.2, 0.25) is 0 Å². The predicted molar refractivity (Wildman–Crippen MR) is 83.6 cm³/mol. The molecule has 1 aromatic carbocycles. The van der Waals surface area contributed by atoms with E-state index in [-0.39, 0.29) is 18.6 Å².